The maximum atomic E-state index is 13.1. The number of carbonyl (C=O) groups excluding carboxylic acids is 1. The third-order valence-corrected chi connectivity index (χ3v) is 4.24. The highest BCUT2D eigenvalue weighted by molar-refractivity contribution is 7.17. The third-order valence-electron chi connectivity index (χ3n) is 3.33. The number of fused-ring (bicyclic) bond motifs is 1. The first-order chi connectivity index (χ1) is 11.5. The number of likely N-dealkylation sites (N-methyl/N-ethyl adjacent to an activating group) is 1. The fourth-order valence-electron chi connectivity index (χ4n) is 2.12. The molecule has 0 unspecified atom stereocenters. The lowest BCUT2D eigenvalue weighted by Gasteiger charge is -2.16. The molecule has 24 heavy (non-hydrogen) atoms. The number of ether oxygens (including phenoxy) is 1. The number of benzene rings is 1. The zero-order valence-electron chi connectivity index (χ0n) is 12.8. The van der Waals surface area contributed by atoms with Crippen molar-refractivity contribution in [1.29, 1.82) is 0 Å². The van der Waals surface area contributed by atoms with Crippen molar-refractivity contribution in [3.63, 3.8) is 0 Å². The molecule has 124 valence electrons. The number of thiophene rings is 1. The molecule has 1 amide bonds. The summed E-state index contributed by atoms with van der Waals surface area (Å²) in [7, 11) is 1.58. The summed E-state index contributed by atoms with van der Waals surface area (Å²) < 4.78 is 18.9. The maximum Gasteiger partial charge on any atom is 0.268 e. The summed E-state index contributed by atoms with van der Waals surface area (Å²) in [5.74, 6) is -0.0676. The normalized spacial score (nSPS) is 10.8. The van der Waals surface area contributed by atoms with E-state index in [2.05, 4.69) is 9.97 Å². The summed E-state index contributed by atoms with van der Waals surface area (Å²) >= 11 is 1.32. The number of hydrogen-bond acceptors (Lipinski definition) is 5. The second-order valence-electron chi connectivity index (χ2n) is 5.14. The van der Waals surface area contributed by atoms with Gasteiger partial charge in [0.25, 0.3) is 11.5 Å². The molecule has 0 spiro atoms. The van der Waals surface area contributed by atoms with E-state index in [0.29, 0.717) is 16.0 Å². The molecule has 0 bridgehead atoms. The lowest BCUT2D eigenvalue weighted by Crippen LogP contribution is -2.32. The van der Waals surface area contributed by atoms with Crippen LogP contribution in [0, 0.1) is 5.82 Å². The van der Waals surface area contributed by atoms with E-state index in [0.717, 1.165) is 0 Å². The summed E-state index contributed by atoms with van der Waals surface area (Å²) in [6.07, 6.45) is 0. The highest BCUT2D eigenvalue weighted by atomic mass is 32.1. The second-order valence-corrected chi connectivity index (χ2v) is 6.06. The van der Waals surface area contributed by atoms with Crippen LogP contribution in [-0.2, 0) is 11.3 Å². The molecule has 2 aromatic heterocycles. The monoisotopic (exact) mass is 347 g/mol. The van der Waals surface area contributed by atoms with Crippen molar-refractivity contribution >= 4 is 27.5 Å². The van der Waals surface area contributed by atoms with E-state index in [1.807, 2.05) is 0 Å². The number of carbonyl (C=O) groups is 1. The van der Waals surface area contributed by atoms with Crippen LogP contribution in [-0.4, -0.2) is 34.4 Å². The van der Waals surface area contributed by atoms with E-state index in [1.54, 1.807) is 24.6 Å². The van der Waals surface area contributed by atoms with Gasteiger partial charge < -0.3 is 14.6 Å². The lowest BCUT2D eigenvalue weighted by atomic mass is 10.3. The highest BCUT2D eigenvalue weighted by Gasteiger charge is 2.13. The third kappa shape index (κ3) is 3.60. The zero-order valence-corrected chi connectivity index (χ0v) is 13.6. The molecule has 0 fully saturated rings. The van der Waals surface area contributed by atoms with E-state index < -0.39 is 5.82 Å². The van der Waals surface area contributed by atoms with Crippen molar-refractivity contribution in [3.05, 3.63) is 57.7 Å². The molecule has 0 aliphatic carbocycles. The van der Waals surface area contributed by atoms with Crippen LogP contribution in [0.5, 0.6) is 5.75 Å². The first kappa shape index (κ1) is 16.1. The SMILES string of the molecule is CN(Cc1nc2ccsc2c(=O)[nH]1)C(=O)COc1cccc(F)c1. The van der Waals surface area contributed by atoms with Crippen LogP contribution in [0.15, 0.2) is 40.5 Å². The average Bonchev–Trinajstić information content (AvgIpc) is 3.01. The van der Waals surface area contributed by atoms with Gasteiger partial charge in [-0.1, -0.05) is 6.07 Å². The quantitative estimate of drug-likeness (QED) is 0.767. The number of rotatable bonds is 5. The molecule has 3 rings (SSSR count). The van der Waals surface area contributed by atoms with Crippen LogP contribution < -0.4 is 10.3 Å². The van der Waals surface area contributed by atoms with Crippen molar-refractivity contribution in [3.8, 4) is 5.75 Å². The first-order valence-corrected chi connectivity index (χ1v) is 7.99. The number of aromatic amines is 1. The molecule has 0 aliphatic rings. The van der Waals surface area contributed by atoms with Gasteiger partial charge in [-0.3, -0.25) is 9.59 Å². The minimum Gasteiger partial charge on any atom is -0.484 e. The number of amides is 1. The lowest BCUT2D eigenvalue weighted by molar-refractivity contribution is -0.132. The summed E-state index contributed by atoms with van der Waals surface area (Å²) in [5, 5.41) is 1.79. The predicted octanol–water partition coefficient (Wildman–Crippen LogP) is 2.16. The van der Waals surface area contributed by atoms with Gasteiger partial charge in [-0.05, 0) is 23.6 Å². The fourth-order valence-corrected chi connectivity index (χ4v) is 2.85. The van der Waals surface area contributed by atoms with Crippen LogP contribution in [0.3, 0.4) is 0 Å². The zero-order chi connectivity index (χ0) is 17.1. The van der Waals surface area contributed by atoms with Crippen LogP contribution in [0.1, 0.15) is 5.82 Å². The maximum absolute atomic E-state index is 13.1. The van der Waals surface area contributed by atoms with Gasteiger partial charge in [-0.2, -0.15) is 0 Å². The fraction of sp³-hybridized carbons (Fsp3) is 0.188. The van der Waals surface area contributed by atoms with Gasteiger partial charge in [0.1, 0.15) is 22.1 Å². The summed E-state index contributed by atoms with van der Waals surface area (Å²) in [6.45, 7) is -0.0861. The summed E-state index contributed by atoms with van der Waals surface area (Å²) in [4.78, 5) is 32.4. The molecular weight excluding hydrogens is 333 g/mol. The molecular formula is C16H14FN3O3S. The number of H-pyrrole nitrogens is 1. The van der Waals surface area contributed by atoms with Crippen molar-refractivity contribution in [2.24, 2.45) is 0 Å². The van der Waals surface area contributed by atoms with E-state index >= 15 is 0 Å². The Balaban J connectivity index is 1.63. The second kappa shape index (κ2) is 6.79. The Kier molecular flexibility index (Phi) is 4.57. The minimum atomic E-state index is -0.431. The molecule has 2 heterocycles. The Morgan fingerprint density at radius 3 is 3.04 bits per heavy atom. The summed E-state index contributed by atoms with van der Waals surface area (Å²) in [6, 6.07) is 7.33. The molecule has 0 aliphatic heterocycles. The van der Waals surface area contributed by atoms with Gasteiger partial charge in [-0.25, -0.2) is 9.37 Å². The van der Waals surface area contributed by atoms with E-state index in [9.17, 15) is 14.0 Å². The number of nitrogens with one attached hydrogen (secondary N) is 1. The van der Waals surface area contributed by atoms with E-state index in [4.69, 9.17) is 4.74 Å². The van der Waals surface area contributed by atoms with Gasteiger partial charge in [0, 0.05) is 13.1 Å². The Morgan fingerprint density at radius 1 is 1.42 bits per heavy atom. The standard InChI is InChI=1S/C16H14FN3O3S/c1-20(14(21)9-23-11-4-2-3-10(17)7-11)8-13-18-12-5-6-24-15(12)16(22)19-13/h2-7H,8-9H2,1H3,(H,18,19,22). The Morgan fingerprint density at radius 2 is 2.25 bits per heavy atom. The molecule has 8 heteroatoms. The predicted molar refractivity (Wildman–Crippen MR) is 88.6 cm³/mol. The Bertz CT molecular complexity index is 937. The molecule has 0 atom stereocenters. The van der Waals surface area contributed by atoms with Gasteiger partial charge in [0.2, 0.25) is 0 Å². The van der Waals surface area contributed by atoms with Gasteiger partial charge >= 0.3 is 0 Å². The van der Waals surface area contributed by atoms with E-state index in [-0.39, 0.29) is 30.4 Å². The number of aromatic nitrogens is 2. The van der Waals surface area contributed by atoms with Crippen LogP contribution >= 0.6 is 11.3 Å². The van der Waals surface area contributed by atoms with E-state index in [1.165, 1.54) is 34.4 Å². The van der Waals surface area contributed by atoms with Crippen LogP contribution in [0.25, 0.3) is 10.2 Å². The highest BCUT2D eigenvalue weighted by Crippen LogP contribution is 2.14. The van der Waals surface area contributed by atoms with Crippen molar-refractivity contribution in [2.75, 3.05) is 13.7 Å². The largest absolute Gasteiger partial charge is 0.484 e. The van der Waals surface area contributed by atoms with Crippen molar-refractivity contribution in [2.45, 2.75) is 6.54 Å². The topological polar surface area (TPSA) is 75.3 Å². The molecule has 0 saturated carbocycles. The molecule has 0 saturated heterocycles. The number of nitrogens with zero attached hydrogens (tertiary/aromatic N) is 2. The number of hydrogen-bond donors (Lipinski definition) is 1. The van der Waals surface area contributed by atoms with Crippen LogP contribution in [0.2, 0.25) is 0 Å². The first-order valence-electron chi connectivity index (χ1n) is 7.11. The number of halogens is 1. The molecule has 1 aromatic carbocycles. The van der Waals surface area contributed by atoms with Crippen molar-refractivity contribution < 1.29 is 13.9 Å². The minimum absolute atomic E-state index is 0.145. The smallest absolute Gasteiger partial charge is 0.268 e. The Hall–Kier alpha value is -2.74. The Labute approximate surface area is 140 Å². The molecule has 0 radical (unpaired) electrons. The van der Waals surface area contributed by atoms with Crippen LogP contribution in [0.4, 0.5) is 4.39 Å². The summed E-state index contributed by atoms with van der Waals surface area (Å²) in [5.41, 5.74) is 0.387. The van der Waals surface area contributed by atoms with Gasteiger partial charge in [0.15, 0.2) is 6.61 Å². The van der Waals surface area contributed by atoms with Crippen molar-refractivity contribution in [1.82, 2.24) is 14.9 Å². The molecule has 6 nitrogen and oxygen atoms in total. The van der Waals surface area contributed by atoms with Gasteiger partial charge in [-0.15, -0.1) is 11.3 Å². The van der Waals surface area contributed by atoms with Gasteiger partial charge in [0.05, 0.1) is 12.1 Å². The molecule has 1 N–H and O–H groups in total. The molecule has 3 aromatic rings. The average molecular weight is 347 g/mol.